The van der Waals surface area contributed by atoms with Crippen LogP contribution in [0.1, 0.15) is 13.8 Å². The third-order valence-corrected chi connectivity index (χ3v) is 3.83. The van der Waals surface area contributed by atoms with Crippen LogP contribution in [-0.2, 0) is 0 Å². The van der Waals surface area contributed by atoms with Gasteiger partial charge in [0.15, 0.2) is 0 Å². The van der Waals surface area contributed by atoms with Gasteiger partial charge in [-0.3, -0.25) is 4.98 Å². The van der Waals surface area contributed by atoms with Crippen molar-refractivity contribution in [1.82, 2.24) is 15.3 Å². The number of halogens is 1. The van der Waals surface area contributed by atoms with Crippen molar-refractivity contribution in [2.75, 3.05) is 24.5 Å². The van der Waals surface area contributed by atoms with Crippen LogP contribution in [0.25, 0.3) is 11.0 Å². The molecule has 1 atom stereocenters. The minimum Gasteiger partial charge on any atom is -0.352 e. The van der Waals surface area contributed by atoms with Gasteiger partial charge < -0.3 is 10.2 Å². The Morgan fingerprint density at radius 3 is 3.00 bits per heavy atom. The summed E-state index contributed by atoms with van der Waals surface area (Å²) >= 11 is 0. The molecule has 20 heavy (non-hydrogen) atoms. The van der Waals surface area contributed by atoms with E-state index in [1.54, 1.807) is 12.3 Å². The first-order chi connectivity index (χ1) is 9.63. The molecule has 0 bridgehead atoms. The van der Waals surface area contributed by atoms with E-state index in [9.17, 15) is 4.39 Å². The highest BCUT2D eigenvalue weighted by Crippen LogP contribution is 2.19. The fraction of sp³-hybridized carbons (Fsp3) is 0.467. The van der Waals surface area contributed by atoms with Crippen LogP contribution in [0, 0.1) is 11.7 Å². The van der Waals surface area contributed by atoms with E-state index in [-0.39, 0.29) is 5.82 Å². The molecule has 0 unspecified atom stereocenters. The molecule has 0 aliphatic carbocycles. The molecular formula is C15H19FN4. The number of nitrogens with zero attached hydrogens (tertiary/aromatic N) is 3. The summed E-state index contributed by atoms with van der Waals surface area (Å²) in [6.07, 6.45) is 1.74. The third kappa shape index (κ3) is 2.58. The Morgan fingerprint density at radius 1 is 1.35 bits per heavy atom. The van der Waals surface area contributed by atoms with Gasteiger partial charge in [0.2, 0.25) is 0 Å². The first-order valence-corrected chi connectivity index (χ1v) is 7.04. The number of nitrogens with one attached hydrogen (secondary N) is 1. The Hall–Kier alpha value is -1.75. The minimum absolute atomic E-state index is 0.276. The fourth-order valence-electron chi connectivity index (χ4n) is 2.56. The lowest BCUT2D eigenvalue weighted by Gasteiger charge is -2.36. The molecule has 3 rings (SSSR count). The summed E-state index contributed by atoms with van der Waals surface area (Å²) in [5.41, 5.74) is 1.34. The second-order valence-electron chi connectivity index (χ2n) is 5.61. The van der Waals surface area contributed by atoms with Gasteiger partial charge in [0.25, 0.3) is 0 Å². The van der Waals surface area contributed by atoms with Crippen molar-refractivity contribution in [3.63, 3.8) is 0 Å². The molecule has 1 aliphatic rings. The summed E-state index contributed by atoms with van der Waals surface area (Å²) in [4.78, 5) is 11.2. The molecule has 106 valence electrons. The number of benzene rings is 1. The van der Waals surface area contributed by atoms with E-state index in [1.165, 1.54) is 12.1 Å². The van der Waals surface area contributed by atoms with Gasteiger partial charge in [-0.15, -0.1) is 0 Å². The molecule has 1 aromatic carbocycles. The number of hydrogen-bond acceptors (Lipinski definition) is 4. The van der Waals surface area contributed by atoms with Gasteiger partial charge in [-0.25, -0.2) is 9.37 Å². The quantitative estimate of drug-likeness (QED) is 0.911. The van der Waals surface area contributed by atoms with Crippen molar-refractivity contribution >= 4 is 16.9 Å². The molecule has 4 nitrogen and oxygen atoms in total. The summed E-state index contributed by atoms with van der Waals surface area (Å²) in [5, 5.41) is 3.52. The summed E-state index contributed by atoms with van der Waals surface area (Å²) in [7, 11) is 0. The van der Waals surface area contributed by atoms with Crippen LogP contribution in [0.5, 0.6) is 0 Å². The zero-order valence-corrected chi connectivity index (χ0v) is 11.8. The van der Waals surface area contributed by atoms with Crippen LogP contribution in [0.15, 0.2) is 24.4 Å². The van der Waals surface area contributed by atoms with Crippen LogP contribution in [0.2, 0.25) is 0 Å². The minimum atomic E-state index is -0.276. The van der Waals surface area contributed by atoms with Gasteiger partial charge in [-0.1, -0.05) is 13.8 Å². The summed E-state index contributed by atoms with van der Waals surface area (Å²) < 4.78 is 13.1. The van der Waals surface area contributed by atoms with E-state index in [0.717, 1.165) is 31.0 Å². The average molecular weight is 274 g/mol. The van der Waals surface area contributed by atoms with Crippen molar-refractivity contribution in [1.29, 1.82) is 0 Å². The number of aromatic nitrogens is 2. The van der Waals surface area contributed by atoms with E-state index < -0.39 is 0 Å². The molecule has 5 heteroatoms. The van der Waals surface area contributed by atoms with E-state index in [0.29, 0.717) is 17.5 Å². The van der Waals surface area contributed by atoms with E-state index >= 15 is 0 Å². The molecule has 1 N–H and O–H groups in total. The lowest BCUT2D eigenvalue weighted by Crippen LogP contribution is -2.53. The van der Waals surface area contributed by atoms with Crippen molar-refractivity contribution in [3.8, 4) is 0 Å². The zero-order chi connectivity index (χ0) is 14.1. The maximum Gasteiger partial charge on any atom is 0.147 e. The predicted molar refractivity (Wildman–Crippen MR) is 78.3 cm³/mol. The van der Waals surface area contributed by atoms with Crippen LogP contribution >= 0.6 is 0 Å². The lowest BCUT2D eigenvalue weighted by atomic mass is 10.0. The highest BCUT2D eigenvalue weighted by Gasteiger charge is 2.22. The first-order valence-electron chi connectivity index (χ1n) is 7.04. The number of fused-ring (bicyclic) bond motifs is 1. The summed E-state index contributed by atoms with van der Waals surface area (Å²) in [6.45, 7) is 7.24. The smallest absolute Gasteiger partial charge is 0.147 e. The standard InChI is InChI=1S/C15H19FN4/c1-10(2)14-9-20(6-5-17-14)15-8-18-13-7-11(16)3-4-12(13)19-15/h3-4,7-8,10,14,17H,5-6,9H2,1-2H3/t14-/m0/s1. The van der Waals surface area contributed by atoms with Crippen LogP contribution in [-0.4, -0.2) is 35.6 Å². The van der Waals surface area contributed by atoms with Gasteiger partial charge in [-0.2, -0.15) is 0 Å². The molecular weight excluding hydrogens is 255 g/mol. The number of rotatable bonds is 2. The molecule has 1 saturated heterocycles. The molecule has 1 aliphatic heterocycles. The molecule has 0 amide bonds. The normalized spacial score (nSPS) is 19.8. The maximum atomic E-state index is 13.1. The Bertz CT molecular complexity index is 614. The third-order valence-electron chi connectivity index (χ3n) is 3.83. The highest BCUT2D eigenvalue weighted by atomic mass is 19.1. The lowest BCUT2D eigenvalue weighted by molar-refractivity contribution is 0.367. The van der Waals surface area contributed by atoms with Gasteiger partial charge in [-0.05, 0) is 18.1 Å². The highest BCUT2D eigenvalue weighted by molar-refractivity contribution is 5.75. The van der Waals surface area contributed by atoms with Gasteiger partial charge in [0.1, 0.15) is 11.6 Å². The van der Waals surface area contributed by atoms with E-state index in [4.69, 9.17) is 0 Å². The van der Waals surface area contributed by atoms with Crippen molar-refractivity contribution < 1.29 is 4.39 Å². The SMILES string of the molecule is CC(C)[C@@H]1CN(c2cnc3cc(F)ccc3n2)CCN1. The second kappa shape index (κ2) is 5.32. The second-order valence-corrected chi connectivity index (χ2v) is 5.61. The molecule has 2 heterocycles. The fourth-order valence-corrected chi connectivity index (χ4v) is 2.56. The van der Waals surface area contributed by atoms with E-state index in [2.05, 4.69) is 34.0 Å². The predicted octanol–water partition coefficient (Wildman–Crippen LogP) is 2.20. The molecule has 0 radical (unpaired) electrons. The van der Waals surface area contributed by atoms with E-state index in [1.807, 2.05) is 0 Å². The monoisotopic (exact) mass is 274 g/mol. The van der Waals surface area contributed by atoms with Crippen molar-refractivity contribution in [3.05, 3.63) is 30.2 Å². The van der Waals surface area contributed by atoms with Crippen LogP contribution in [0.4, 0.5) is 10.2 Å². The van der Waals surface area contributed by atoms with Gasteiger partial charge in [0, 0.05) is 31.7 Å². The molecule has 1 fully saturated rings. The largest absolute Gasteiger partial charge is 0.352 e. The van der Waals surface area contributed by atoms with Crippen LogP contribution in [0.3, 0.4) is 0 Å². The van der Waals surface area contributed by atoms with Crippen molar-refractivity contribution in [2.45, 2.75) is 19.9 Å². The van der Waals surface area contributed by atoms with Gasteiger partial charge >= 0.3 is 0 Å². The maximum absolute atomic E-state index is 13.1. The molecule has 0 spiro atoms. The first kappa shape index (κ1) is 13.2. The Balaban J connectivity index is 1.88. The summed E-state index contributed by atoms with van der Waals surface area (Å²) in [6, 6.07) is 4.99. The summed E-state index contributed by atoms with van der Waals surface area (Å²) in [5.74, 6) is 1.18. The topological polar surface area (TPSA) is 41.1 Å². The molecule has 0 saturated carbocycles. The zero-order valence-electron chi connectivity index (χ0n) is 11.8. The molecule has 2 aromatic rings. The number of anilines is 1. The van der Waals surface area contributed by atoms with Crippen LogP contribution < -0.4 is 10.2 Å². The van der Waals surface area contributed by atoms with Gasteiger partial charge in [0.05, 0.1) is 17.2 Å². The Labute approximate surface area is 118 Å². The number of piperazine rings is 1. The average Bonchev–Trinajstić information content (AvgIpc) is 2.47. The van der Waals surface area contributed by atoms with Crippen molar-refractivity contribution in [2.24, 2.45) is 5.92 Å². The molecule has 1 aromatic heterocycles. The number of hydrogen-bond donors (Lipinski definition) is 1. The Kier molecular flexibility index (Phi) is 3.53. The Morgan fingerprint density at radius 2 is 2.20 bits per heavy atom.